The van der Waals surface area contributed by atoms with Gasteiger partial charge in [-0.3, -0.25) is 6.08 Å². The van der Waals surface area contributed by atoms with Crippen LogP contribution in [0, 0.1) is 35.2 Å². The molecular formula is C54H58Cl2F6Zr-2. The normalized spacial score (nSPS) is 22.9. The molecule has 63 heavy (non-hydrogen) atoms. The fourth-order valence-corrected chi connectivity index (χ4v) is 11.6. The standard InChI is InChI=1S/C21H25.C18H25.C15H8F6.2ClH.Zr/c1-20(2,3)16-9-7-14-11-15-8-10-17(21(4,5)6)13-19(15)18(14)12-16;1-12-3-13(2)17(4-12)11-18-8-14-5-15(9-18)7-16(6-14)10-18;16-14(17,18)12-5-1-3-10(8-12)7-11-4-2-6-13(9-11)15(19,20)21;;;/h7-13H,1-6H3;4,12,14-16H,5-11H2,1-2H3;1-6,8-9H;2*1H;/q2*-1;;;;+2/p-2. The van der Waals surface area contributed by atoms with Gasteiger partial charge in [0.25, 0.3) is 0 Å². The Kier molecular flexibility index (Phi) is 15.6. The molecule has 4 bridgehead atoms. The van der Waals surface area contributed by atoms with Crippen molar-refractivity contribution in [1.29, 1.82) is 0 Å². The fourth-order valence-electron chi connectivity index (χ4n) is 10.8. The zero-order valence-electron chi connectivity index (χ0n) is 37.5. The molecule has 0 spiro atoms. The van der Waals surface area contributed by atoms with Crippen LogP contribution < -0.4 is 24.8 Å². The van der Waals surface area contributed by atoms with Gasteiger partial charge in [-0.1, -0.05) is 103 Å². The van der Waals surface area contributed by atoms with E-state index < -0.39 is 23.5 Å². The summed E-state index contributed by atoms with van der Waals surface area (Å²) in [5, 5.41) is 5.49. The van der Waals surface area contributed by atoms with E-state index in [-0.39, 0.29) is 46.8 Å². The fraction of sp³-hybridized carbons (Fsp3) is 0.444. The Labute approximate surface area is 397 Å². The van der Waals surface area contributed by atoms with Crippen LogP contribution in [0.15, 0.2) is 108 Å². The van der Waals surface area contributed by atoms with Gasteiger partial charge in [-0.15, -0.1) is 39.7 Å². The van der Waals surface area contributed by atoms with Gasteiger partial charge in [0.1, 0.15) is 0 Å². The van der Waals surface area contributed by atoms with Crippen molar-refractivity contribution in [3.63, 3.8) is 0 Å². The largest absolute Gasteiger partial charge is 1.00 e. The minimum absolute atomic E-state index is 0. The molecule has 4 fully saturated rings. The van der Waals surface area contributed by atoms with Crippen LogP contribution in [-0.4, -0.2) is 3.21 Å². The first-order valence-electron chi connectivity index (χ1n) is 21.8. The first-order valence-corrected chi connectivity index (χ1v) is 23.0. The number of benzene rings is 4. The van der Waals surface area contributed by atoms with Gasteiger partial charge in [0, 0.05) is 0 Å². The zero-order chi connectivity index (χ0) is 44.3. The van der Waals surface area contributed by atoms with Crippen LogP contribution in [-0.2, 0) is 47.4 Å². The summed E-state index contributed by atoms with van der Waals surface area (Å²) in [5.41, 5.74) is 5.90. The van der Waals surface area contributed by atoms with Gasteiger partial charge in [-0.2, -0.15) is 11.6 Å². The summed E-state index contributed by atoms with van der Waals surface area (Å²) < 4.78 is 76.7. The van der Waals surface area contributed by atoms with Crippen LogP contribution in [0.4, 0.5) is 26.3 Å². The monoisotopic (exact) mass is 980 g/mol. The van der Waals surface area contributed by atoms with Gasteiger partial charge in [0.15, 0.2) is 0 Å². The molecule has 5 aromatic rings. The van der Waals surface area contributed by atoms with Gasteiger partial charge in [0.05, 0.1) is 0 Å². The average Bonchev–Trinajstić information content (AvgIpc) is 3.69. The summed E-state index contributed by atoms with van der Waals surface area (Å²) in [5.74, 6) is 3.82. The molecule has 5 aromatic carbocycles. The van der Waals surface area contributed by atoms with Crippen molar-refractivity contribution in [2.45, 2.75) is 124 Å². The molecule has 10 rings (SSSR count). The predicted molar refractivity (Wildman–Crippen MR) is 235 cm³/mol. The molecule has 0 saturated heterocycles. The van der Waals surface area contributed by atoms with E-state index in [1.165, 1.54) is 68.9 Å². The van der Waals surface area contributed by atoms with Crippen molar-refractivity contribution in [3.05, 3.63) is 148 Å². The van der Waals surface area contributed by atoms with E-state index in [0.717, 1.165) is 66.3 Å². The Bertz CT molecular complexity index is 2320. The molecule has 0 N–H and O–H groups in total. The summed E-state index contributed by atoms with van der Waals surface area (Å²) in [6.07, 6.45) is 7.77. The molecule has 0 aromatic heterocycles. The van der Waals surface area contributed by atoms with Crippen LogP contribution in [0.3, 0.4) is 0 Å². The van der Waals surface area contributed by atoms with E-state index >= 15 is 0 Å². The maximum absolute atomic E-state index is 12.7. The van der Waals surface area contributed by atoms with E-state index in [0.29, 0.717) is 14.5 Å². The molecule has 5 aliphatic carbocycles. The minimum atomic E-state index is -4.49. The average molecular weight is 983 g/mol. The molecule has 0 heterocycles. The number of hydrogen-bond donors (Lipinski definition) is 0. The first kappa shape index (κ1) is 51.1. The molecule has 336 valence electrons. The van der Waals surface area contributed by atoms with E-state index in [9.17, 15) is 26.3 Å². The number of fused-ring (bicyclic) bond motifs is 3. The quantitative estimate of drug-likeness (QED) is 0.124. The van der Waals surface area contributed by atoms with Gasteiger partial charge in [-0.25, -0.2) is 5.57 Å². The van der Waals surface area contributed by atoms with Gasteiger partial charge in [-0.05, 0) is 72.5 Å². The van der Waals surface area contributed by atoms with Gasteiger partial charge < -0.3 is 24.8 Å². The summed E-state index contributed by atoms with van der Waals surface area (Å²) in [7, 11) is 0. The van der Waals surface area contributed by atoms with Crippen LogP contribution >= 0.6 is 0 Å². The van der Waals surface area contributed by atoms with E-state index in [1.807, 2.05) is 0 Å². The van der Waals surface area contributed by atoms with Crippen molar-refractivity contribution in [2.75, 3.05) is 0 Å². The zero-order valence-corrected chi connectivity index (χ0v) is 41.5. The number of halogens is 8. The van der Waals surface area contributed by atoms with Crippen molar-refractivity contribution >= 4 is 24.8 Å². The molecule has 0 aliphatic heterocycles. The predicted octanol–water partition coefficient (Wildman–Crippen LogP) is 10.1. The van der Waals surface area contributed by atoms with Crippen molar-refractivity contribution < 1.29 is 75.4 Å². The second kappa shape index (κ2) is 19.2. The maximum atomic E-state index is 12.7. The number of allylic oxidation sites excluding steroid dienone is 4. The third-order valence-electron chi connectivity index (χ3n) is 13.5. The summed E-state index contributed by atoms with van der Waals surface area (Å²) in [4.78, 5) is 0. The van der Waals surface area contributed by atoms with E-state index in [2.05, 4.69) is 110 Å². The second-order valence-corrected chi connectivity index (χ2v) is 21.9. The molecule has 0 nitrogen and oxygen atoms in total. The SMILES string of the molecule is CC(C)(C)c1ccc2[cH-]c3ccc(C(C)(C)C)cc3c2c1.CC1=[C-]C(C)C=C1CC12CC3CC(CC(C3)C1)C2.FC(F)(F)c1cccc([C](=[Zr+2])c2cccc(C(F)(F)F)c2)c1.[Cl-].[Cl-]. The maximum Gasteiger partial charge on any atom is -1.00 e. The summed E-state index contributed by atoms with van der Waals surface area (Å²) >= 11 is 0.729. The Morgan fingerprint density at radius 3 is 1.40 bits per heavy atom. The van der Waals surface area contributed by atoms with Crippen LogP contribution in [0.1, 0.15) is 134 Å². The number of hydrogen-bond acceptors (Lipinski definition) is 0. The van der Waals surface area contributed by atoms with Crippen LogP contribution in [0.2, 0.25) is 0 Å². The molecule has 1 atom stereocenters. The van der Waals surface area contributed by atoms with Gasteiger partial charge >= 0.3 is 137 Å². The molecule has 5 aliphatic rings. The third-order valence-corrected chi connectivity index (χ3v) is 14.9. The Balaban J connectivity index is 0.000000176. The molecule has 9 heteroatoms. The second-order valence-electron chi connectivity index (χ2n) is 20.6. The summed E-state index contributed by atoms with van der Waals surface area (Å²) in [6, 6.07) is 25.3. The van der Waals surface area contributed by atoms with E-state index in [1.54, 1.807) is 44.1 Å². The molecule has 0 radical (unpaired) electrons. The van der Waals surface area contributed by atoms with Gasteiger partial charge in [0.2, 0.25) is 0 Å². The number of rotatable bonds is 4. The van der Waals surface area contributed by atoms with E-state index in [4.69, 9.17) is 0 Å². The first-order chi connectivity index (χ1) is 28.4. The minimum Gasteiger partial charge on any atom is -1.00 e. The topological polar surface area (TPSA) is 0 Å². The molecule has 1 unspecified atom stereocenters. The number of alkyl halides is 6. The van der Waals surface area contributed by atoms with Crippen molar-refractivity contribution in [1.82, 2.24) is 0 Å². The molecule has 4 saturated carbocycles. The van der Waals surface area contributed by atoms with Crippen LogP contribution in [0.25, 0.3) is 21.5 Å². The van der Waals surface area contributed by atoms with Crippen molar-refractivity contribution in [2.24, 2.45) is 29.1 Å². The molecule has 0 amide bonds. The molecular weight excluding hydrogens is 925 g/mol. The third kappa shape index (κ3) is 11.9. The van der Waals surface area contributed by atoms with Crippen molar-refractivity contribution in [3.8, 4) is 0 Å². The summed E-state index contributed by atoms with van der Waals surface area (Å²) in [6.45, 7) is 18.2. The smallest absolute Gasteiger partial charge is 1.00 e. The van der Waals surface area contributed by atoms with Crippen LogP contribution in [0.5, 0.6) is 0 Å². The Morgan fingerprint density at radius 1 is 0.635 bits per heavy atom. The Morgan fingerprint density at radius 2 is 1.05 bits per heavy atom. The Hall–Kier alpha value is -2.86.